The molecule has 1 aliphatic rings. The van der Waals surface area contributed by atoms with Gasteiger partial charge in [-0.25, -0.2) is 4.79 Å². The van der Waals surface area contributed by atoms with Crippen molar-refractivity contribution in [1.29, 1.82) is 0 Å². The Hall–Kier alpha value is -1.23. The molecule has 0 radical (unpaired) electrons. The average molecular weight is 297 g/mol. The zero-order chi connectivity index (χ0) is 14.9. The molecule has 5 heteroatoms. The quantitative estimate of drug-likeness (QED) is 0.791. The van der Waals surface area contributed by atoms with Crippen LogP contribution in [0, 0.1) is 0 Å². The Kier molecular flexibility index (Phi) is 4.28. The van der Waals surface area contributed by atoms with Gasteiger partial charge in [0.15, 0.2) is 0 Å². The Bertz CT molecular complexity index is 490. The van der Waals surface area contributed by atoms with Crippen molar-refractivity contribution in [2.24, 2.45) is 0 Å². The van der Waals surface area contributed by atoms with Gasteiger partial charge in [-0.15, -0.1) is 11.3 Å². The highest BCUT2D eigenvalue weighted by molar-refractivity contribution is 7.10. The minimum Gasteiger partial charge on any atom is -0.487 e. The summed E-state index contributed by atoms with van der Waals surface area (Å²) in [6.45, 7) is 10.9. The molecule has 0 fully saturated rings. The fourth-order valence-electron chi connectivity index (χ4n) is 2.18. The molecule has 2 rings (SSSR count). The Morgan fingerprint density at radius 1 is 1.55 bits per heavy atom. The molecular formula is C15H23NO3S. The molecule has 0 aliphatic carbocycles. The molecule has 112 valence electrons. The summed E-state index contributed by atoms with van der Waals surface area (Å²) < 4.78 is 11.5. The zero-order valence-electron chi connectivity index (χ0n) is 12.9. The Labute approximate surface area is 124 Å². The lowest BCUT2D eigenvalue weighted by Crippen LogP contribution is -2.39. The van der Waals surface area contributed by atoms with E-state index < -0.39 is 5.60 Å². The topological polar surface area (TPSA) is 38.8 Å². The van der Waals surface area contributed by atoms with Gasteiger partial charge in [-0.3, -0.25) is 4.90 Å². The molecular weight excluding hydrogens is 274 g/mol. The monoisotopic (exact) mass is 297 g/mol. The van der Waals surface area contributed by atoms with Crippen molar-refractivity contribution in [1.82, 2.24) is 4.90 Å². The van der Waals surface area contributed by atoms with Crippen LogP contribution < -0.4 is 4.74 Å². The lowest BCUT2D eigenvalue weighted by Gasteiger charge is -2.27. The van der Waals surface area contributed by atoms with Crippen LogP contribution in [0.25, 0.3) is 0 Å². The van der Waals surface area contributed by atoms with Crippen LogP contribution in [0.4, 0.5) is 4.79 Å². The molecule has 1 unspecified atom stereocenters. The smallest absolute Gasteiger partial charge is 0.410 e. The standard InChI is InChI=1S/C15H23NO3S/c1-6-11-9-20-12-8-16(7-10(2)18-13(11)12)14(17)19-15(3,4)5/h9-10H,6-8H2,1-5H3. The van der Waals surface area contributed by atoms with Crippen molar-refractivity contribution in [2.75, 3.05) is 6.54 Å². The predicted octanol–water partition coefficient (Wildman–Crippen LogP) is 3.83. The highest BCUT2D eigenvalue weighted by Gasteiger charge is 2.29. The molecule has 0 N–H and O–H groups in total. The van der Waals surface area contributed by atoms with Crippen molar-refractivity contribution in [3.63, 3.8) is 0 Å². The summed E-state index contributed by atoms with van der Waals surface area (Å²) in [6.07, 6.45) is 0.654. The number of carbonyl (C=O) groups excluding carboxylic acids is 1. The number of hydrogen-bond donors (Lipinski definition) is 0. The maximum absolute atomic E-state index is 12.3. The van der Waals surface area contributed by atoms with E-state index in [-0.39, 0.29) is 12.2 Å². The third-order valence-electron chi connectivity index (χ3n) is 3.05. The number of rotatable bonds is 1. The third-order valence-corrected chi connectivity index (χ3v) is 4.05. The molecule has 4 nitrogen and oxygen atoms in total. The van der Waals surface area contributed by atoms with Gasteiger partial charge < -0.3 is 9.47 Å². The van der Waals surface area contributed by atoms with E-state index in [4.69, 9.17) is 9.47 Å². The first kappa shape index (κ1) is 15.2. The lowest BCUT2D eigenvalue weighted by molar-refractivity contribution is 0.0189. The van der Waals surface area contributed by atoms with Gasteiger partial charge in [0.05, 0.1) is 18.0 Å². The molecule has 0 saturated heterocycles. The number of carbonyl (C=O) groups is 1. The number of hydrogen-bond acceptors (Lipinski definition) is 4. The fourth-order valence-corrected chi connectivity index (χ4v) is 3.25. The van der Waals surface area contributed by atoms with Gasteiger partial charge in [-0.2, -0.15) is 0 Å². The number of thiophene rings is 1. The maximum Gasteiger partial charge on any atom is 0.410 e. The van der Waals surface area contributed by atoms with Crippen LogP contribution in [0.2, 0.25) is 0 Å². The van der Waals surface area contributed by atoms with Crippen molar-refractivity contribution in [2.45, 2.75) is 59.3 Å². The minimum absolute atomic E-state index is 0.0244. The molecule has 1 aromatic heterocycles. The summed E-state index contributed by atoms with van der Waals surface area (Å²) in [4.78, 5) is 15.1. The van der Waals surface area contributed by atoms with Crippen LogP contribution in [0.15, 0.2) is 5.38 Å². The first-order valence-corrected chi connectivity index (χ1v) is 7.92. The summed E-state index contributed by atoms with van der Waals surface area (Å²) in [7, 11) is 0. The van der Waals surface area contributed by atoms with Gasteiger partial charge in [-0.1, -0.05) is 6.92 Å². The van der Waals surface area contributed by atoms with Gasteiger partial charge in [0, 0.05) is 5.56 Å². The van der Waals surface area contributed by atoms with Gasteiger partial charge in [0.1, 0.15) is 17.5 Å². The van der Waals surface area contributed by atoms with E-state index >= 15 is 0 Å². The molecule has 0 aromatic carbocycles. The van der Waals surface area contributed by atoms with E-state index in [9.17, 15) is 4.79 Å². The summed E-state index contributed by atoms with van der Waals surface area (Å²) >= 11 is 1.66. The molecule has 1 atom stereocenters. The minimum atomic E-state index is -0.472. The summed E-state index contributed by atoms with van der Waals surface area (Å²) in [5.74, 6) is 0.969. The van der Waals surface area contributed by atoms with Crippen molar-refractivity contribution in [3.05, 3.63) is 15.8 Å². The van der Waals surface area contributed by atoms with Crippen molar-refractivity contribution in [3.8, 4) is 5.75 Å². The van der Waals surface area contributed by atoms with Crippen LogP contribution in [0.5, 0.6) is 5.75 Å². The van der Waals surface area contributed by atoms with E-state index in [0.717, 1.165) is 17.0 Å². The maximum atomic E-state index is 12.3. The Morgan fingerprint density at radius 3 is 2.85 bits per heavy atom. The van der Waals surface area contributed by atoms with Gasteiger partial charge in [-0.05, 0) is 39.5 Å². The molecule has 0 spiro atoms. The number of amides is 1. The van der Waals surface area contributed by atoms with E-state index in [0.29, 0.717) is 13.1 Å². The number of fused-ring (bicyclic) bond motifs is 1. The lowest BCUT2D eigenvalue weighted by atomic mass is 10.2. The number of aryl methyl sites for hydroxylation is 1. The van der Waals surface area contributed by atoms with E-state index in [1.807, 2.05) is 27.7 Å². The highest BCUT2D eigenvalue weighted by Crippen LogP contribution is 2.35. The third kappa shape index (κ3) is 3.45. The first-order chi connectivity index (χ1) is 9.30. The second-order valence-electron chi connectivity index (χ2n) is 6.16. The molecule has 0 bridgehead atoms. The molecule has 1 aromatic rings. The van der Waals surface area contributed by atoms with Gasteiger partial charge in [0.25, 0.3) is 0 Å². The second kappa shape index (κ2) is 5.64. The molecule has 0 saturated carbocycles. The van der Waals surface area contributed by atoms with Gasteiger partial charge >= 0.3 is 6.09 Å². The van der Waals surface area contributed by atoms with Gasteiger partial charge in [0.2, 0.25) is 0 Å². The van der Waals surface area contributed by atoms with E-state index in [2.05, 4.69) is 12.3 Å². The highest BCUT2D eigenvalue weighted by atomic mass is 32.1. The summed E-state index contributed by atoms with van der Waals surface area (Å²) in [5, 5.41) is 2.12. The summed E-state index contributed by atoms with van der Waals surface area (Å²) in [5.41, 5.74) is 0.753. The van der Waals surface area contributed by atoms with Crippen molar-refractivity contribution < 1.29 is 14.3 Å². The van der Waals surface area contributed by atoms with Crippen LogP contribution in [-0.2, 0) is 17.7 Å². The largest absolute Gasteiger partial charge is 0.487 e. The molecule has 20 heavy (non-hydrogen) atoms. The SMILES string of the molecule is CCc1csc2c1OC(C)CN(C(=O)OC(C)(C)C)C2. The van der Waals surface area contributed by atoms with E-state index in [1.165, 1.54) is 5.56 Å². The van der Waals surface area contributed by atoms with Crippen LogP contribution in [0.1, 0.15) is 45.1 Å². The number of ether oxygens (including phenoxy) is 2. The normalized spacial score (nSPS) is 19.1. The Balaban J connectivity index is 2.19. The zero-order valence-corrected chi connectivity index (χ0v) is 13.7. The van der Waals surface area contributed by atoms with Crippen LogP contribution >= 0.6 is 11.3 Å². The molecule has 1 amide bonds. The van der Waals surface area contributed by atoms with Crippen molar-refractivity contribution >= 4 is 17.4 Å². The fraction of sp³-hybridized carbons (Fsp3) is 0.667. The van der Waals surface area contributed by atoms with E-state index in [1.54, 1.807) is 16.2 Å². The second-order valence-corrected chi connectivity index (χ2v) is 7.12. The van der Waals surface area contributed by atoms with Crippen LogP contribution in [0.3, 0.4) is 0 Å². The predicted molar refractivity (Wildman–Crippen MR) is 80.4 cm³/mol. The Morgan fingerprint density at radius 2 is 2.25 bits per heavy atom. The first-order valence-electron chi connectivity index (χ1n) is 7.04. The molecule has 2 heterocycles. The number of nitrogens with zero attached hydrogens (tertiary/aromatic N) is 1. The van der Waals surface area contributed by atoms with Crippen LogP contribution in [-0.4, -0.2) is 29.2 Å². The summed E-state index contributed by atoms with van der Waals surface area (Å²) in [6, 6.07) is 0. The average Bonchev–Trinajstić information content (AvgIpc) is 2.60. The molecule has 1 aliphatic heterocycles.